The number of carbonyl (C=O) groups is 2. The second-order valence-corrected chi connectivity index (χ2v) is 8.44. The molecule has 1 spiro atoms. The number of urea groups is 1. The van der Waals surface area contributed by atoms with Crippen LogP contribution < -0.4 is 5.32 Å². The molecule has 6 nitrogen and oxygen atoms in total. The van der Waals surface area contributed by atoms with E-state index in [2.05, 4.69) is 32.2 Å². The highest BCUT2D eigenvalue weighted by molar-refractivity contribution is 6.07. The Morgan fingerprint density at radius 2 is 2.08 bits per heavy atom. The number of amides is 3. The van der Waals surface area contributed by atoms with Crippen molar-refractivity contribution in [3.05, 3.63) is 0 Å². The van der Waals surface area contributed by atoms with Gasteiger partial charge in [0.05, 0.1) is 18.7 Å². The summed E-state index contributed by atoms with van der Waals surface area (Å²) in [5.41, 5.74) is -0.713. The van der Waals surface area contributed by atoms with Gasteiger partial charge in [-0.05, 0) is 44.1 Å². The summed E-state index contributed by atoms with van der Waals surface area (Å²) < 4.78 is 0. The maximum absolute atomic E-state index is 13.1. The largest absolute Gasteiger partial charge is 0.326 e. The molecule has 2 rings (SSSR count). The molecule has 3 amide bonds. The van der Waals surface area contributed by atoms with Crippen LogP contribution in [0.2, 0.25) is 0 Å². The molecule has 134 valence electrons. The van der Waals surface area contributed by atoms with Crippen molar-refractivity contribution in [3.8, 4) is 6.07 Å². The van der Waals surface area contributed by atoms with E-state index in [0.29, 0.717) is 31.8 Å². The quantitative estimate of drug-likeness (QED) is 0.784. The third-order valence-electron chi connectivity index (χ3n) is 5.17. The number of carbonyl (C=O) groups excluding carboxylic acids is 2. The molecule has 1 heterocycles. The van der Waals surface area contributed by atoms with Gasteiger partial charge in [0.2, 0.25) is 0 Å². The fraction of sp³-hybridized carbons (Fsp3) is 0.833. The van der Waals surface area contributed by atoms with E-state index in [1.807, 2.05) is 18.7 Å². The van der Waals surface area contributed by atoms with Crippen LogP contribution in [0.4, 0.5) is 4.79 Å². The van der Waals surface area contributed by atoms with Crippen LogP contribution in [-0.4, -0.2) is 47.0 Å². The second-order valence-electron chi connectivity index (χ2n) is 8.44. The molecular weight excluding hydrogens is 304 g/mol. The van der Waals surface area contributed by atoms with Gasteiger partial charge in [0.25, 0.3) is 5.91 Å². The maximum Gasteiger partial charge on any atom is 0.326 e. The Kier molecular flexibility index (Phi) is 5.24. The topological polar surface area (TPSA) is 76.4 Å². The first-order valence-corrected chi connectivity index (χ1v) is 8.88. The van der Waals surface area contributed by atoms with Gasteiger partial charge < -0.3 is 5.32 Å². The summed E-state index contributed by atoms with van der Waals surface area (Å²) in [6.07, 6.45) is 2.46. The smallest absolute Gasteiger partial charge is 0.323 e. The SMILES string of the molecule is CCN(CC(C)C#N)CN1C(=O)NC2(CC(C)CC(C)(C)C2)C1=O. The lowest BCUT2D eigenvalue weighted by Gasteiger charge is -2.44. The van der Waals surface area contributed by atoms with E-state index in [-0.39, 0.29) is 29.9 Å². The number of nitrogens with zero attached hydrogens (tertiary/aromatic N) is 3. The average molecular weight is 334 g/mol. The van der Waals surface area contributed by atoms with Crippen molar-refractivity contribution in [1.82, 2.24) is 15.1 Å². The normalized spacial score (nSPS) is 30.5. The van der Waals surface area contributed by atoms with Crippen LogP contribution in [0.1, 0.15) is 53.9 Å². The van der Waals surface area contributed by atoms with Crippen molar-refractivity contribution in [2.24, 2.45) is 17.3 Å². The van der Waals surface area contributed by atoms with Gasteiger partial charge in [0, 0.05) is 6.54 Å². The van der Waals surface area contributed by atoms with Crippen LogP contribution in [-0.2, 0) is 4.79 Å². The molecule has 1 saturated heterocycles. The van der Waals surface area contributed by atoms with Crippen molar-refractivity contribution in [1.29, 1.82) is 5.26 Å². The molecule has 1 aliphatic heterocycles. The average Bonchev–Trinajstić information content (AvgIpc) is 2.67. The highest BCUT2D eigenvalue weighted by atomic mass is 16.2. The monoisotopic (exact) mass is 334 g/mol. The summed E-state index contributed by atoms with van der Waals surface area (Å²) in [6, 6.07) is 1.91. The Morgan fingerprint density at radius 1 is 1.42 bits per heavy atom. The molecule has 0 aromatic rings. The summed E-state index contributed by atoms with van der Waals surface area (Å²) in [5.74, 6) is 0.169. The van der Waals surface area contributed by atoms with E-state index in [0.717, 1.165) is 6.42 Å². The summed E-state index contributed by atoms with van der Waals surface area (Å²) >= 11 is 0. The van der Waals surface area contributed by atoms with Gasteiger partial charge in [-0.15, -0.1) is 0 Å². The third kappa shape index (κ3) is 3.72. The minimum atomic E-state index is -0.751. The van der Waals surface area contributed by atoms with Gasteiger partial charge in [-0.2, -0.15) is 5.26 Å². The van der Waals surface area contributed by atoms with Crippen molar-refractivity contribution in [3.63, 3.8) is 0 Å². The molecule has 0 aromatic heterocycles. The fourth-order valence-electron chi connectivity index (χ4n) is 4.55. The van der Waals surface area contributed by atoms with E-state index >= 15 is 0 Å². The molecule has 3 atom stereocenters. The summed E-state index contributed by atoms with van der Waals surface area (Å²) in [5, 5.41) is 12.0. The zero-order valence-electron chi connectivity index (χ0n) is 15.6. The lowest BCUT2D eigenvalue weighted by atomic mass is 9.64. The standard InChI is InChI=1S/C18H30N4O2/c1-6-21(10-14(3)9-19)12-22-15(23)18(20-16(22)24)8-13(2)7-17(4,5)11-18/h13-14H,6-8,10-12H2,1-5H3,(H,20,24). The minimum Gasteiger partial charge on any atom is -0.323 e. The van der Waals surface area contributed by atoms with Crippen molar-refractivity contribution >= 4 is 11.9 Å². The van der Waals surface area contributed by atoms with Crippen LogP contribution in [0, 0.1) is 28.6 Å². The summed E-state index contributed by atoms with van der Waals surface area (Å²) in [7, 11) is 0. The molecule has 1 saturated carbocycles. The number of hydrogen-bond acceptors (Lipinski definition) is 4. The lowest BCUT2D eigenvalue weighted by molar-refractivity contribution is -0.136. The van der Waals surface area contributed by atoms with Gasteiger partial charge in [-0.25, -0.2) is 9.69 Å². The van der Waals surface area contributed by atoms with E-state index in [1.54, 1.807) is 0 Å². The van der Waals surface area contributed by atoms with E-state index < -0.39 is 5.54 Å². The van der Waals surface area contributed by atoms with Gasteiger partial charge in [0.15, 0.2) is 0 Å². The van der Waals surface area contributed by atoms with Crippen LogP contribution in [0.25, 0.3) is 0 Å². The fourth-order valence-corrected chi connectivity index (χ4v) is 4.55. The first kappa shape index (κ1) is 18.7. The van der Waals surface area contributed by atoms with E-state index in [1.165, 1.54) is 4.90 Å². The number of rotatable bonds is 5. The Hall–Kier alpha value is -1.61. The summed E-state index contributed by atoms with van der Waals surface area (Å²) in [6.45, 7) is 11.8. The highest BCUT2D eigenvalue weighted by Crippen LogP contribution is 2.46. The lowest BCUT2D eigenvalue weighted by Crippen LogP contribution is -2.54. The van der Waals surface area contributed by atoms with Crippen LogP contribution in [0.15, 0.2) is 0 Å². The molecule has 0 aromatic carbocycles. The number of imide groups is 1. The molecule has 0 radical (unpaired) electrons. The molecular formula is C18H30N4O2. The van der Waals surface area contributed by atoms with Crippen LogP contribution >= 0.6 is 0 Å². The Morgan fingerprint density at radius 3 is 2.62 bits per heavy atom. The molecule has 2 fully saturated rings. The van der Waals surface area contributed by atoms with Gasteiger partial charge in [-0.3, -0.25) is 9.69 Å². The maximum atomic E-state index is 13.1. The van der Waals surface area contributed by atoms with Crippen molar-refractivity contribution < 1.29 is 9.59 Å². The van der Waals surface area contributed by atoms with Gasteiger partial charge in [-0.1, -0.05) is 27.7 Å². The molecule has 3 unspecified atom stereocenters. The van der Waals surface area contributed by atoms with Gasteiger partial charge >= 0.3 is 6.03 Å². The Bertz CT molecular complexity index is 554. The van der Waals surface area contributed by atoms with E-state index in [9.17, 15) is 9.59 Å². The highest BCUT2D eigenvalue weighted by Gasteiger charge is 2.56. The van der Waals surface area contributed by atoms with Crippen LogP contribution in [0.3, 0.4) is 0 Å². The summed E-state index contributed by atoms with van der Waals surface area (Å²) in [4.78, 5) is 28.9. The number of nitrogens with one attached hydrogen (secondary N) is 1. The van der Waals surface area contributed by atoms with E-state index in [4.69, 9.17) is 5.26 Å². The molecule has 1 N–H and O–H groups in total. The zero-order chi connectivity index (χ0) is 18.1. The first-order valence-electron chi connectivity index (χ1n) is 8.88. The molecule has 24 heavy (non-hydrogen) atoms. The van der Waals surface area contributed by atoms with Gasteiger partial charge in [0.1, 0.15) is 5.54 Å². The first-order chi connectivity index (χ1) is 11.1. The molecule has 0 bridgehead atoms. The Balaban J connectivity index is 2.15. The predicted octanol–water partition coefficient (Wildman–Crippen LogP) is 2.56. The predicted molar refractivity (Wildman–Crippen MR) is 91.8 cm³/mol. The second kappa shape index (κ2) is 6.72. The Labute approximate surface area is 145 Å². The zero-order valence-corrected chi connectivity index (χ0v) is 15.6. The molecule has 1 aliphatic carbocycles. The van der Waals surface area contributed by atoms with Crippen molar-refractivity contribution in [2.75, 3.05) is 19.8 Å². The number of hydrogen-bond donors (Lipinski definition) is 1. The van der Waals surface area contributed by atoms with Crippen LogP contribution in [0.5, 0.6) is 0 Å². The molecule has 2 aliphatic rings. The van der Waals surface area contributed by atoms with Crippen molar-refractivity contribution in [2.45, 2.75) is 59.4 Å². The number of nitriles is 1. The molecule has 6 heteroatoms. The minimum absolute atomic E-state index is 0.0381. The third-order valence-corrected chi connectivity index (χ3v) is 5.17.